The van der Waals surface area contributed by atoms with E-state index in [1.165, 1.54) is 11.0 Å². The third kappa shape index (κ3) is 5.53. The summed E-state index contributed by atoms with van der Waals surface area (Å²) in [6, 6.07) is 9.06. The number of benzene rings is 2. The number of furan rings is 1. The summed E-state index contributed by atoms with van der Waals surface area (Å²) in [5.74, 6) is -0.970. The highest BCUT2D eigenvalue weighted by molar-refractivity contribution is 5.94. The number of amides is 1. The van der Waals surface area contributed by atoms with Crippen molar-refractivity contribution in [3.05, 3.63) is 64.9 Å². The number of halogens is 2. The normalized spacial score (nSPS) is 14.7. The molecule has 6 nitrogen and oxygen atoms in total. The number of esters is 1. The minimum atomic E-state index is -0.709. The molecule has 4 rings (SSSR count). The van der Waals surface area contributed by atoms with Crippen LogP contribution in [0.2, 0.25) is 0 Å². The molecule has 1 amide bonds. The monoisotopic (exact) mass is 498 g/mol. The highest BCUT2D eigenvalue weighted by atomic mass is 19.1. The van der Waals surface area contributed by atoms with Gasteiger partial charge in [0.1, 0.15) is 11.6 Å². The Hall–Kier alpha value is -3.42. The highest BCUT2D eigenvalue weighted by Crippen LogP contribution is 2.42. The van der Waals surface area contributed by atoms with Gasteiger partial charge in [0, 0.05) is 41.9 Å². The maximum atomic E-state index is 14.4. The van der Waals surface area contributed by atoms with E-state index < -0.39 is 11.6 Å². The fourth-order valence-corrected chi connectivity index (χ4v) is 4.95. The van der Waals surface area contributed by atoms with Gasteiger partial charge < -0.3 is 19.4 Å². The van der Waals surface area contributed by atoms with Crippen LogP contribution in [0.4, 0.5) is 14.5 Å². The van der Waals surface area contributed by atoms with Crippen molar-refractivity contribution >= 4 is 28.5 Å². The zero-order valence-corrected chi connectivity index (χ0v) is 20.9. The second kappa shape index (κ2) is 11.1. The van der Waals surface area contributed by atoms with Gasteiger partial charge in [-0.25, -0.2) is 8.78 Å². The van der Waals surface area contributed by atoms with E-state index in [1.807, 2.05) is 19.1 Å². The predicted molar refractivity (Wildman–Crippen MR) is 134 cm³/mol. The predicted octanol–water partition coefficient (Wildman–Crippen LogP) is 6.39. The Morgan fingerprint density at radius 3 is 2.53 bits per heavy atom. The molecule has 2 aromatic carbocycles. The minimum absolute atomic E-state index is 0.0699. The molecule has 1 unspecified atom stereocenters. The van der Waals surface area contributed by atoms with Crippen LogP contribution in [0.3, 0.4) is 0 Å². The Labute approximate surface area is 209 Å². The molecule has 36 heavy (non-hydrogen) atoms. The fraction of sp³-hybridized carbons (Fsp3) is 0.429. The van der Waals surface area contributed by atoms with Crippen LogP contribution in [0.1, 0.15) is 66.8 Å². The standard InChI is InChI=1S/C28H32F2N2O4/c1-4-35-24(33)13-14-32(3)28(34)19-9-11-21(12-10-19)31-25(18-7-5-6-8-18)26-17(2)22-15-20(29)16-23(30)27(22)36-26/h9-12,15-16,18,25,31H,4-8,13-14H2,1-3H3. The van der Waals surface area contributed by atoms with E-state index in [2.05, 4.69) is 5.32 Å². The summed E-state index contributed by atoms with van der Waals surface area (Å²) in [5, 5.41) is 3.97. The van der Waals surface area contributed by atoms with Crippen LogP contribution in [0, 0.1) is 24.5 Å². The van der Waals surface area contributed by atoms with Crippen LogP contribution in [0.15, 0.2) is 40.8 Å². The number of nitrogens with zero attached hydrogens (tertiary/aromatic N) is 1. The molecule has 1 N–H and O–H groups in total. The van der Waals surface area contributed by atoms with Crippen LogP contribution in [0.25, 0.3) is 11.0 Å². The van der Waals surface area contributed by atoms with Crippen LogP contribution in [0.5, 0.6) is 0 Å². The number of carbonyl (C=O) groups excluding carboxylic acids is 2. The molecule has 0 radical (unpaired) electrons. The first-order valence-corrected chi connectivity index (χ1v) is 12.4. The Bertz CT molecular complexity index is 1230. The number of nitrogens with one attached hydrogen (secondary N) is 1. The van der Waals surface area contributed by atoms with Gasteiger partial charge in [0.2, 0.25) is 0 Å². The molecule has 0 bridgehead atoms. The lowest BCUT2D eigenvalue weighted by molar-refractivity contribution is -0.143. The number of hydrogen-bond donors (Lipinski definition) is 1. The number of aryl methyl sites for hydroxylation is 1. The summed E-state index contributed by atoms with van der Waals surface area (Å²) in [7, 11) is 1.65. The van der Waals surface area contributed by atoms with Gasteiger partial charge in [-0.1, -0.05) is 12.8 Å². The Morgan fingerprint density at radius 1 is 1.17 bits per heavy atom. The van der Waals surface area contributed by atoms with Crippen molar-refractivity contribution in [2.45, 2.75) is 52.0 Å². The summed E-state index contributed by atoms with van der Waals surface area (Å²) in [6.45, 7) is 4.15. The molecule has 1 fully saturated rings. The van der Waals surface area contributed by atoms with Crippen LogP contribution < -0.4 is 5.32 Å². The van der Waals surface area contributed by atoms with Crippen molar-refractivity contribution in [1.29, 1.82) is 0 Å². The van der Waals surface area contributed by atoms with E-state index in [4.69, 9.17) is 9.15 Å². The SMILES string of the molecule is CCOC(=O)CCN(C)C(=O)c1ccc(NC(c2oc3c(F)cc(F)cc3c2C)C2CCCC2)cc1. The highest BCUT2D eigenvalue weighted by Gasteiger charge is 2.31. The van der Waals surface area contributed by atoms with Gasteiger partial charge in [-0.2, -0.15) is 0 Å². The fourth-order valence-electron chi connectivity index (χ4n) is 4.95. The summed E-state index contributed by atoms with van der Waals surface area (Å²) in [4.78, 5) is 25.8. The molecule has 1 aliphatic rings. The van der Waals surface area contributed by atoms with Crippen molar-refractivity contribution in [1.82, 2.24) is 4.90 Å². The van der Waals surface area contributed by atoms with Crippen molar-refractivity contribution in [2.75, 3.05) is 25.5 Å². The molecule has 1 heterocycles. The summed E-state index contributed by atoms with van der Waals surface area (Å²) >= 11 is 0. The number of carbonyl (C=O) groups is 2. The third-order valence-electron chi connectivity index (χ3n) is 6.91. The lowest BCUT2D eigenvalue weighted by Gasteiger charge is -2.25. The number of hydrogen-bond acceptors (Lipinski definition) is 5. The smallest absolute Gasteiger partial charge is 0.307 e. The Kier molecular flexibility index (Phi) is 7.91. The van der Waals surface area contributed by atoms with Crippen molar-refractivity contribution in [3.63, 3.8) is 0 Å². The molecule has 8 heteroatoms. The van der Waals surface area contributed by atoms with Gasteiger partial charge in [0.15, 0.2) is 11.4 Å². The first-order valence-electron chi connectivity index (χ1n) is 12.4. The molecular weight excluding hydrogens is 466 g/mol. The number of fused-ring (bicyclic) bond motifs is 1. The molecular formula is C28H32F2N2O4. The van der Waals surface area contributed by atoms with E-state index in [0.717, 1.165) is 43.0 Å². The largest absolute Gasteiger partial charge is 0.466 e. The van der Waals surface area contributed by atoms with Gasteiger partial charge in [-0.15, -0.1) is 0 Å². The minimum Gasteiger partial charge on any atom is -0.466 e. The van der Waals surface area contributed by atoms with Gasteiger partial charge in [-0.3, -0.25) is 9.59 Å². The lowest BCUT2D eigenvalue weighted by Crippen LogP contribution is -2.29. The molecule has 3 aromatic rings. The molecule has 0 saturated heterocycles. The molecule has 0 spiro atoms. The zero-order valence-electron chi connectivity index (χ0n) is 20.9. The van der Waals surface area contributed by atoms with Gasteiger partial charge in [-0.05, 0) is 62.9 Å². The third-order valence-corrected chi connectivity index (χ3v) is 6.91. The molecule has 0 aliphatic heterocycles. The average molecular weight is 499 g/mol. The van der Waals surface area contributed by atoms with E-state index in [1.54, 1.807) is 26.1 Å². The molecule has 1 saturated carbocycles. The number of anilines is 1. The van der Waals surface area contributed by atoms with E-state index >= 15 is 0 Å². The number of ether oxygens (including phenoxy) is 1. The summed E-state index contributed by atoms with van der Waals surface area (Å²) in [5.41, 5.74) is 2.09. The maximum absolute atomic E-state index is 14.4. The van der Waals surface area contributed by atoms with Gasteiger partial charge in [0.25, 0.3) is 5.91 Å². The topological polar surface area (TPSA) is 71.8 Å². The second-order valence-electron chi connectivity index (χ2n) is 9.38. The average Bonchev–Trinajstić information content (AvgIpc) is 3.50. The van der Waals surface area contributed by atoms with Crippen molar-refractivity contribution in [2.24, 2.45) is 5.92 Å². The van der Waals surface area contributed by atoms with Crippen LogP contribution in [-0.2, 0) is 9.53 Å². The second-order valence-corrected chi connectivity index (χ2v) is 9.38. The summed E-state index contributed by atoms with van der Waals surface area (Å²) in [6.07, 6.45) is 4.37. The molecule has 1 atom stereocenters. The lowest BCUT2D eigenvalue weighted by atomic mass is 9.93. The molecule has 1 aromatic heterocycles. The Morgan fingerprint density at radius 2 is 1.86 bits per heavy atom. The van der Waals surface area contributed by atoms with E-state index in [-0.39, 0.29) is 42.4 Å². The molecule has 1 aliphatic carbocycles. The van der Waals surface area contributed by atoms with E-state index in [9.17, 15) is 18.4 Å². The quantitative estimate of drug-likeness (QED) is 0.346. The van der Waals surface area contributed by atoms with Crippen LogP contribution >= 0.6 is 0 Å². The molecule has 192 valence electrons. The van der Waals surface area contributed by atoms with Crippen molar-refractivity contribution in [3.8, 4) is 0 Å². The van der Waals surface area contributed by atoms with Crippen molar-refractivity contribution < 1.29 is 27.5 Å². The Balaban J connectivity index is 1.53. The summed E-state index contributed by atoms with van der Waals surface area (Å²) < 4.78 is 39.2. The number of rotatable bonds is 9. The first kappa shape index (κ1) is 25.7. The van der Waals surface area contributed by atoms with Gasteiger partial charge >= 0.3 is 5.97 Å². The zero-order chi connectivity index (χ0) is 25.8. The first-order chi connectivity index (χ1) is 17.3. The maximum Gasteiger partial charge on any atom is 0.307 e. The van der Waals surface area contributed by atoms with E-state index in [0.29, 0.717) is 23.3 Å². The van der Waals surface area contributed by atoms with Gasteiger partial charge in [0.05, 0.1) is 19.1 Å². The van der Waals surface area contributed by atoms with Crippen LogP contribution in [-0.4, -0.2) is 37.0 Å².